The van der Waals surface area contributed by atoms with Gasteiger partial charge in [0.25, 0.3) is 10.0 Å². The Hall–Kier alpha value is -1.18. The highest BCUT2D eigenvalue weighted by Crippen LogP contribution is 2.43. The maximum absolute atomic E-state index is 13.7. The molecule has 1 aliphatic rings. The maximum Gasteiger partial charge on any atom is 0.251 e. The number of thiophene rings is 1. The number of nitrogens with one attached hydrogen (secondary N) is 2. The first-order valence-corrected chi connectivity index (χ1v) is 16.8. The van der Waals surface area contributed by atoms with E-state index in [0.717, 1.165) is 11.3 Å². The molecule has 1 aromatic heterocycles. The van der Waals surface area contributed by atoms with Crippen LogP contribution >= 0.6 is 11.3 Å². The zero-order valence-electron chi connectivity index (χ0n) is 23.1. The lowest BCUT2D eigenvalue weighted by Crippen LogP contribution is -2.58. The van der Waals surface area contributed by atoms with Crippen LogP contribution in [0.15, 0.2) is 14.5 Å². The molecule has 3 atom stereocenters. The number of Topliss-reactive ketones (excluding diaryl/α,β-unsaturated/α-hetero) is 2. The predicted octanol–water partition coefficient (Wildman–Crippen LogP) is 3.92. The standard InChI is InChI=1S/C25H42N2O7S3/c1-9-24(10-2,22(29)17(7)34-25(11-3,12-4)18(8)28)27-37(32,33)21-15-19-20(26-13-5)14-16(6)36(30,31)23(19)35-21/h15-17,20,26-27H,9-14H2,1-8H3/t16-,17-,20-/m0/s1. The van der Waals surface area contributed by atoms with Crippen molar-refractivity contribution in [2.45, 2.75) is 124 Å². The molecule has 2 N–H and O–H groups in total. The summed E-state index contributed by atoms with van der Waals surface area (Å²) in [6.45, 7) is 14.1. The zero-order valence-corrected chi connectivity index (χ0v) is 25.6. The van der Waals surface area contributed by atoms with Crippen molar-refractivity contribution in [3.8, 4) is 0 Å². The van der Waals surface area contributed by atoms with Crippen LogP contribution in [0.3, 0.4) is 0 Å². The van der Waals surface area contributed by atoms with Crippen LogP contribution in [0, 0.1) is 0 Å². The summed E-state index contributed by atoms with van der Waals surface area (Å²) in [5.41, 5.74) is -2.16. The normalized spacial score (nSPS) is 20.9. The molecular formula is C25H42N2O7S3. The Morgan fingerprint density at radius 1 is 1.14 bits per heavy atom. The first-order valence-electron chi connectivity index (χ1n) is 13.0. The molecule has 9 nitrogen and oxygen atoms in total. The van der Waals surface area contributed by atoms with Gasteiger partial charge in [-0.05, 0) is 65.5 Å². The lowest BCUT2D eigenvalue weighted by molar-refractivity contribution is -0.161. The van der Waals surface area contributed by atoms with E-state index in [0.29, 0.717) is 31.4 Å². The molecule has 212 valence electrons. The Kier molecular flexibility index (Phi) is 10.3. The molecule has 0 radical (unpaired) electrons. The van der Waals surface area contributed by atoms with E-state index in [-0.39, 0.29) is 33.1 Å². The highest BCUT2D eigenvalue weighted by atomic mass is 32.3. The van der Waals surface area contributed by atoms with Crippen LogP contribution in [0.25, 0.3) is 0 Å². The number of ketones is 2. The second-order valence-electron chi connectivity index (χ2n) is 9.79. The third kappa shape index (κ3) is 6.04. The fourth-order valence-electron chi connectivity index (χ4n) is 5.05. The number of sulfonamides is 1. The molecule has 0 saturated carbocycles. The summed E-state index contributed by atoms with van der Waals surface area (Å²) >= 11 is 0.720. The third-order valence-electron chi connectivity index (χ3n) is 7.71. The van der Waals surface area contributed by atoms with Gasteiger partial charge in [-0.15, -0.1) is 11.3 Å². The summed E-state index contributed by atoms with van der Waals surface area (Å²) in [5.74, 6) is -0.659. The van der Waals surface area contributed by atoms with Crippen LogP contribution in [0.1, 0.15) is 99.1 Å². The minimum Gasteiger partial charge on any atom is -0.356 e. The van der Waals surface area contributed by atoms with Gasteiger partial charge in [-0.25, -0.2) is 16.8 Å². The predicted molar refractivity (Wildman–Crippen MR) is 145 cm³/mol. The molecule has 1 aliphatic heterocycles. The number of ether oxygens (including phenoxy) is 1. The minimum absolute atomic E-state index is 0.0522. The van der Waals surface area contributed by atoms with Gasteiger partial charge >= 0.3 is 0 Å². The SMILES string of the molecule is CCN[C@H]1C[C@H](C)S(=O)(=O)c2sc(S(=O)(=O)NC(CC)(CC)C(=O)[C@H](C)OC(CC)(CC)C(C)=O)cc21. The number of sulfone groups is 1. The van der Waals surface area contributed by atoms with Crippen molar-refractivity contribution in [2.75, 3.05) is 6.54 Å². The molecule has 37 heavy (non-hydrogen) atoms. The Morgan fingerprint density at radius 2 is 1.70 bits per heavy atom. The largest absolute Gasteiger partial charge is 0.356 e. The molecule has 0 bridgehead atoms. The quantitative estimate of drug-likeness (QED) is 0.339. The van der Waals surface area contributed by atoms with Crippen molar-refractivity contribution >= 4 is 42.8 Å². The Balaban J connectivity index is 2.48. The molecule has 0 spiro atoms. The molecule has 2 heterocycles. The number of hydrogen-bond donors (Lipinski definition) is 2. The lowest BCUT2D eigenvalue weighted by Gasteiger charge is -2.37. The van der Waals surface area contributed by atoms with Gasteiger partial charge in [-0.2, -0.15) is 4.72 Å². The summed E-state index contributed by atoms with van der Waals surface area (Å²) in [6.07, 6.45) is 0.382. The highest BCUT2D eigenvalue weighted by molar-refractivity contribution is 7.95. The van der Waals surface area contributed by atoms with Crippen LogP contribution in [0.5, 0.6) is 0 Å². The van der Waals surface area contributed by atoms with Crippen LogP contribution in [-0.2, 0) is 34.2 Å². The highest BCUT2D eigenvalue weighted by Gasteiger charge is 2.46. The van der Waals surface area contributed by atoms with E-state index < -0.39 is 48.1 Å². The van der Waals surface area contributed by atoms with E-state index in [1.807, 2.05) is 20.8 Å². The molecule has 0 unspecified atom stereocenters. The van der Waals surface area contributed by atoms with Gasteiger partial charge in [0.1, 0.15) is 20.1 Å². The smallest absolute Gasteiger partial charge is 0.251 e. The average molecular weight is 579 g/mol. The molecule has 2 rings (SSSR count). The van der Waals surface area contributed by atoms with Gasteiger partial charge in [0.05, 0.1) is 10.8 Å². The van der Waals surface area contributed by atoms with Crippen molar-refractivity contribution in [2.24, 2.45) is 0 Å². The first-order chi connectivity index (χ1) is 17.1. The number of carbonyl (C=O) groups is 2. The van der Waals surface area contributed by atoms with Crippen molar-refractivity contribution in [1.82, 2.24) is 10.0 Å². The van der Waals surface area contributed by atoms with Gasteiger partial charge in [-0.3, -0.25) is 9.59 Å². The van der Waals surface area contributed by atoms with Crippen LogP contribution in [-0.4, -0.2) is 57.4 Å². The van der Waals surface area contributed by atoms with Crippen molar-refractivity contribution in [3.63, 3.8) is 0 Å². The molecule has 0 amide bonds. The average Bonchev–Trinajstić information content (AvgIpc) is 3.32. The van der Waals surface area contributed by atoms with Gasteiger partial charge < -0.3 is 10.1 Å². The number of hydrogen-bond acceptors (Lipinski definition) is 9. The lowest BCUT2D eigenvalue weighted by atomic mass is 9.85. The van der Waals surface area contributed by atoms with Gasteiger partial charge in [-0.1, -0.05) is 34.6 Å². The van der Waals surface area contributed by atoms with Gasteiger partial charge in [0.2, 0.25) is 0 Å². The maximum atomic E-state index is 13.7. The molecular weight excluding hydrogens is 536 g/mol. The van der Waals surface area contributed by atoms with E-state index in [1.165, 1.54) is 13.0 Å². The Bertz CT molecular complexity index is 1200. The second-order valence-corrected chi connectivity index (χ2v) is 15.3. The summed E-state index contributed by atoms with van der Waals surface area (Å²) < 4.78 is 61.8. The van der Waals surface area contributed by atoms with E-state index in [1.54, 1.807) is 27.7 Å². The number of carbonyl (C=O) groups excluding carboxylic acids is 2. The molecule has 0 saturated heterocycles. The molecule has 1 aromatic rings. The van der Waals surface area contributed by atoms with Gasteiger partial charge in [0, 0.05) is 11.6 Å². The molecule has 0 aromatic carbocycles. The monoisotopic (exact) mass is 578 g/mol. The number of rotatable bonds is 14. The van der Waals surface area contributed by atoms with Crippen LogP contribution in [0.2, 0.25) is 0 Å². The fraction of sp³-hybridized carbons (Fsp3) is 0.760. The van der Waals surface area contributed by atoms with E-state index in [4.69, 9.17) is 4.74 Å². The zero-order chi connectivity index (χ0) is 28.4. The molecule has 12 heteroatoms. The van der Waals surface area contributed by atoms with Crippen molar-refractivity contribution in [3.05, 3.63) is 11.6 Å². The number of fused-ring (bicyclic) bond motifs is 1. The summed E-state index contributed by atoms with van der Waals surface area (Å²) in [5, 5.41) is 2.60. The van der Waals surface area contributed by atoms with Crippen molar-refractivity contribution in [1.29, 1.82) is 0 Å². The second kappa shape index (κ2) is 11.9. The molecule has 0 aliphatic carbocycles. The van der Waals surface area contributed by atoms with Crippen LogP contribution in [0.4, 0.5) is 0 Å². The minimum atomic E-state index is -4.26. The summed E-state index contributed by atoms with van der Waals surface area (Å²) in [7, 11) is -7.92. The van der Waals surface area contributed by atoms with E-state index in [9.17, 15) is 26.4 Å². The van der Waals surface area contributed by atoms with Crippen LogP contribution < -0.4 is 10.0 Å². The topological polar surface area (TPSA) is 136 Å². The summed E-state index contributed by atoms with van der Waals surface area (Å²) in [4.78, 5) is 26.0. The van der Waals surface area contributed by atoms with Crippen molar-refractivity contribution < 1.29 is 31.2 Å². The molecule has 0 fully saturated rings. The first kappa shape index (κ1) is 32.0. The van der Waals surface area contributed by atoms with E-state index in [2.05, 4.69) is 10.0 Å². The Morgan fingerprint density at radius 3 is 2.16 bits per heavy atom. The van der Waals surface area contributed by atoms with Gasteiger partial charge in [0.15, 0.2) is 21.4 Å². The fourth-order valence-corrected chi connectivity index (χ4v) is 10.6. The summed E-state index contributed by atoms with van der Waals surface area (Å²) in [6, 6.07) is 1.13. The third-order valence-corrected chi connectivity index (χ3v) is 13.6. The Labute approximate surface area is 226 Å². The van der Waals surface area contributed by atoms with E-state index >= 15 is 0 Å².